The fraction of sp³-hybridized carbons (Fsp3) is 0.565. The van der Waals surface area contributed by atoms with Gasteiger partial charge < -0.3 is 9.73 Å². The lowest BCUT2D eigenvalue weighted by molar-refractivity contribution is -0.718. The lowest BCUT2D eigenvalue weighted by Gasteiger charge is -2.57. The first kappa shape index (κ1) is 16.6. The van der Waals surface area contributed by atoms with Gasteiger partial charge in [0, 0.05) is 5.41 Å². The van der Waals surface area contributed by atoms with Crippen LogP contribution in [0, 0.1) is 29.0 Å². The Balaban J connectivity index is 1.26. The van der Waals surface area contributed by atoms with Crippen LogP contribution in [0.25, 0.3) is 11.3 Å². The molecule has 2 aromatic rings. The van der Waals surface area contributed by atoms with Crippen molar-refractivity contribution >= 4 is 0 Å². The zero-order chi connectivity index (χ0) is 17.7. The smallest absolute Gasteiger partial charge is 0.158 e. The van der Waals surface area contributed by atoms with Gasteiger partial charge in [-0.15, -0.1) is 0 Å². The lowest BCUT2D eigenvalue weighted by atomic mass is 9.48. The van der Waals surface area contributed by atoms with Gasteiger partial charge in [-0.1, -0.05) is 12.1 Å². The van der Waals surface area contributed by atoms with E-state index in [1.54, 1.807) is 12.1 Å². The second-order valence-electron chi connectivity index (χ2n) is 9.25. The predicted molar refractivity (Wildman–Crippen MR) is 99.8 cm³/mol. The number of hydrogen-bond donors (Lipinski definition) is 1. The number of quaternary nitrogens is 1. The van der Waals surface area contributed by atoms with E-state index in [1.807, 2.05) is 18.2 Å². The summed E-state index contributed by atoms with van der Waals surface area (Å²) >= 11 is 0. The van der Waals surface area contributed by atoms with E-state index in [0.717, 1.165) is 30.1 Å². The maximum atomic E-state index is 14.0. The van der Waals surface area contributed by atoms with E-state index in [4.69, 9.17) is 4.42 Å². The summed E-state index contributed by atoms with van der Waals surface area (Å²) in [6.45, 7) is 3.27. The van der Waals surface area contributed by atoms with Crippen molar-refractivity contribution in [3.05, 3.63) is 48.0 Å². The molecule has 138 valence electrons. The van der Waals surface area contributed by atoms with Gasteiger partial charge in [0.15, 0.2) is 5.76 Å². The number of benzene rings is 1. The molecule has 6 rings (SSSR count). The second-order valence-corrected chi connectivity index (χ2v) is 9.25. The SMILES string of the molecule is C[C@H]([NH2+]Cc1ccc(-c2ccccc2F)o1)C12CC3CC(CC(C3)C1)C2. The van der Waals surface area contributed by atoms with E-state index >= 15 is 0 Å². The summed E-state index contributed by atoms with van der Waals surface area (Å²) < 4.78 is 19.9. The molecule has 1 aromatic heterocycles. The van der Waals surface area contributed by atoms with E-state index in [1.165, 1.54) is 44.6 Å². The molecule has 1 aromatic carbocycles. The lowest BCUT2D eigenvalue weighted by Crippen LogP contribution is -2.91. The fourth-order valence-electron chi connectivity index (χ4n) is 6.57. The maximum absolute atomic E-state index is 14.0. The molecule has 0 amide bonds. The van der Waals surface area contributed by atoms with Crippen LogP contribution in [0.15, 0.2) is 40.8 Å². The number of rotatable bonds is 5. The highest BCUT2D eigenvalue weighted by molar-refractivity contribution is 5.58. The Morgan fingerprint density at radius 1 is 1.04 bits per heavy atom. The fourth-order valence-corrected chi connectivity index (χ4v) is 6.57. The first-order valence-electron chi connectivity index (χ1n) is 10.3. The largest absolute Gasteiger partial charge is 0.455 e. The van der Waals surface area contributed by atoms with Gasteiger partial charge in [0.25, 0.3) is 0 Å². The highest BCUT2D eigenvalue weighted by Gasteiger charge is 2.54. The van der Waals surface area contributed by atoms with E-state index in [0.29, 0.717) is 22.8 Å². The summed E-state index contributed by atoms with van der Waals surface area (Å²) in [6, 6.07) is 11.4. The Labute approximate surface area is 155 Å². The average molecular weight is 354 g/mol. The molecule has 2 nitrogen and oxygen atoms in total. The van der Waals surface area contributed by atoms with Gasteiger partial charge in [-0.25, -0.2) is 4.39 Å². The molecule has 4 aliphatic carbocycles. The second kappa shape index (κ2) is 6.23. The van der Waals surface area contributed by atoms with Gasteiger partial charge in [0.05, 0.1) is 11.6 Å². The van der Waals surface area contributed by atoms with Gasteiger partial charge >= 0.3 is 0 Å². The molecular formula is C23H29FNO+. The Hall–Kier alpha value is -1.61. The third kappa shape index (κ3) is 2.81. The Bertz CT molecular complexity index is 760. The van der Waals surface area contributed by atoms with Crippen LogP contribution in [0.4, 0.5) is 4.39 Å². The van der Waals surface area contributed by atoms with Crippen LogP contribution >= 0.6 is 0 Å². The van der Waals surface area contributed by atoms with Crippen molar-refractivity contribution in [2.75, 3.05) is 0 Å². The number of hydrogen-bond acceptors (Lipinski definition) is 1. The molecule has 4 bridgehead atoms. The van der Waals surface area contributed by atoms with Gasteiger partial charge in [-0.3, -0.25) is 0 Å². The number of nitrogens with two attached hydrogens (primary N) is 1. The summed E-state index contributed by atoms with van der Waals surface area (Å²) in [5.74, 6) is 4.34. The van der Waals surface area contributed by atoms with Crippen LogP contribution in [-0.4, -0.2) is 6.04 Å². The standard InChI is InChI=1S/C23H28FNO/c1-15(23-11-16-8-17(12-23)10-18(9-16)13-23)25-14-19-6-7-22(26-19)20-4-2-3-5-21(20)24/h2-7,15-18,25H,8-14H2,1H3/p+1/t15-,16?,17?,18?,23?/m0/s1. The zero-order valence-corrected chi connectivity index (χ0v) is 15.6. The monoisotopic (exact) mass is 354 g/mol. The molecule has 1 heterocycles. The van der Waals surface area contributed by atoms with E-state index in [9.17, 15) is 4.39 Å². The Morgan fingerprint density at radius 2 is 1.69 bits per heavy atom. The van der Waals surface area contributed by atoms with E-state index < -0.39 is 0 Å². The predicted octanol–water partition coefficient (Wildman–Crippen LogP) is 4.75. The summed E-state index contributed by atoms with van der Waals surface area (Å²) in [6.07, 6.45) is 8.81. The highest BCUT2D eigenvalue weighted by atomic mass is 19.1. The van der Waals surface area contributed by atoms with Crippen molar-refractivity contribution in [2.45, 2.75) is 58.0 Å². The number of halogens is 1. The Morgan fingerprint density at radius 3 is 2.35 bits per heavy atom. The van der Waals surface area contributed by atoms with Gasteiger partial charge in [0.2, 0.25) is 0 Å². The molecule has 2 N–H and O–H groups in total. The number of furan rings is 1. The van der Waals surface area contributed by atoms with Crippen LogP contribution in [0.2, 0.25) is 0 Å². The van der Waals surface area contributed by atoms with Gasteiger partial charge in [0.1, 0.15) is 18.1 Å². The minimum atomic E-state index is -0.223. The Kier molecular flexibility index (Phi) is 3.97. The molecule has 4 saturated carbocycles. The zero-order valence-electron chi connectivity index (χ0n) is 15.6. The average Bonchev–Trinajstić information content (AvgIpc) is 3.07. The quantitative estimate of drug-likeness (QED) is 0.825. The summed E-state index contributed by atoms with van der Waals surface area (Å²) in [5.41, 5.74) is 1.10. The molecule has 4 fully saturated rings. The van der Waals surface area contributed by atoms with Crippen LogP contribution < -0.4 is 5.32 Å². The molecular weight excluding hydrogens is 325 g/mol. The van der Waals surface area contributed by atoms with Crippen LogP contribution in [-0.2, 0) is 6.54 Å². The first-order valence-corrected chi connectivity index (χ1v) is 10.3. The molecule has 26 heavy (non-hydrogen) atoms. The maximum Gasteiger partial charge on any atom is 0.158 e. The minimum absolute atomic E-state index is 0.223. The van der Waals surface area contributed by atoms with Crippen LogP contribution in [0.3, 0.4) is 0 Å². The topological polar surface area (TPSA) is 29.8 Å². The normalized spacial score (nSPS) is 33.5. The third-order valence-corrected chi connectivity index (χ3v) is 7.53. The summed E-state index contributed by atoms with van der Waals surface area (Å²) in [4.78, 5) is 0. The van der Waals surface area contributed by atoms with Crippen molar-refractivity contribution in [1.82, 2.24) is 0 Å². The molecule has 4 aliphatic rings. The van der Waals surface area contributed by atoms with Crippen LogP contribution in [0.5, 0.6) is 0 Å². The molecule has 3 heteroatoms. The van der Waals surface area contributed by atoms with Crippen molar-refractivity contribution in [2.24, 2.45) is 23.2 Å². The van der Waals surface area contributed by atoms with E-state index in [2.05, 4.69) is 12.2 Å². The van der Waals surface area contributed by atoms with Gasteiger partial charge in [-0.2, -0.15) is 0 Å². The molecule has 0 radical (unpaired) electrons. The summed E-state index contributed by atoms with van der Waals surface area (Å²) in [7, 11) is 0. The van der Waals surface area contributed by atoms with Crippen molar-refractivity contribution in [3.63, 3.8) is 0 Å². The first-order chi connectivity index (χ1) is 12.6. The third-order valence-electron chi connectivity index (χ3n) is 7.53. The van der Waals surface area contributed by atoms with Crippen molar-refractivity contribution in [1.29, 1.82) is 0 Å². The molecule has 0 unspecified atom stereocenters. The van der Waals surface area contributed by atoms with Crippen molar-refractivity contribution in [3.8, 4) is 11.3 Å². The molecule has 0 saturated heterocycles. The molecule has 0 aliphatic heterocycles. The molecule has 1 atom stereocenters. The van der Waals surface area contributed by atoms with Gasteiger partial charge in [-0.05, 0) is 87.5 Å². The minimum Gasteiger partial charge on any atom is -0.455 e. The van der Waals surface area contributed by atoms with E-state index in [-0.39, 0.29) is 5.82 Å². The van der Waals surface area contributed by atoms with Crippen molar-refractivity contribution < 1.29 is 14.1 Å². The molecule has 0 spiro atoms. The van der Waals surface area contributed by atoms with Crippen LogP contribution in [0.1, 0.15) is 51.2 Å². The highest BCUT2D eigenvalue weighted by Crippen LogP contribution is 2.60. The summed E-state index contributed by atoms with van der Waals surface area (Å²) in [5, 5.41) is 2.47.